The van der Waals surface area contributed by atoms with Gasteiger partial charge in [-0.2, -0.15) is 0 Å². The second kappa shape index (κ2) is 7.99. The minimum atomic E-state index is -0.293. The molecule has 6 nitrogen and oxygen atoms in total. The van der Waals surface area contributed by atoms with Crippen LogP contribution in [-0.4, -0.2) is 30.9 Å². The topological polar surface area (TPSA) is 72.7 Å². The fraction of sp³-hybridized carbons (Fsp3) is 0.364. The highest BCUT2D eigenvalue weighted by Gasteiger charge is 2.31. The van der Waals surface area contributed by atoms with E-state index in [1.165, 1.54) is 17.3 Å². The zero-order chi connectivity index (χ0) is 20.5. The van der Waals surface area contributed by atoms with Crippen molar-refractivity contribution in [3.8, 4) is 11.4 Å². The van der Waals surface area contributed by atoms with E-state index < -0.39 is 0 Å². The lowest BCUT2D eigenvalue weighted by molar-refractivity contribution is -0.115. The van der Waals surface area contributed by atoms with Crippen molar-refractivity contribution in [3.63, 3.8) is 0 Å². The minimum absolute atomic E-state index is 0.0293. The Morgan fingerprint density at radius 1 is 1.21 bits per heavy atom. The summed E-state index contributed by atoms with van der Waals surface area (Å²) >= 11 is 1.45. The molecular formula is C22H25N5OS. The molecule has 1 saturated carbocycles. The van der Waals surface area contributed by atoms with Crippen molar-refractivity contribution in [1.82, 2.24) is 19.7 Å². The Hall–Kier alpha value is -2.67. The van der Waals surface area contributed by atoms with E-state index in [4.69, 9.17) is 0 Å². The van der Waals surface area contributed by atoms with Crippen LogP contribution in [0.1, 0.15) is 42.5 Å². The van der Waals surface area contributed by atoms with Crippen LogP contribution in [0.2, 0.25) is 0 Å². The van der Waals surface area contributed by atoms with Crippen molar-refractivity contribution < 1.29 is 4.79 Å². The highest BCUT2D eigenvalue weighted by Crippen LogP contribution is 2.41. The van der Waals surface area contributed by atoms with Gasteiger partial charge in [0.25, 0.3) is 0 Å². The lowest BCUT2D eigenvalue weighted by Crippen LogP contribution is -2.24. The molecule has 0 bridgehead atoms. The number of carbonyl (C=O) groups excluding carboxylic acids is 1. The first-order valence-corrected chi connectivity index (χ1v) is 10.7. The molecule has 29 heavy (non-hydrogen) atoms. The molecule has 150 valence electrons. The molecule has 4 rings (SSSR count). The van der Waals surface area contributed by atoms with Crippen LogP contribution in [0.25, 0.3) is 11.4 Å². The fourth-order valence-corrected chi connectivity index (χ4v) is 4.44. The van der Waals surface area contributed by atoms with Gasteiger partial charge in [-0.25, -0.2) is 0 Å². The SMILES string of the molecule is Cc1cc(C)c(NC(=O)[C@@H](C)Sc2nnc(-c3cccnc3)n2C2CC2)c(C)c1. The van der Waals surface area contributed by atoms with E-state index in [0.717, 1.165) is 46.2 Å². The third-order valence-electron chi connectivity index (χ3n) is 5.07. The average molecular weight is 408 g/mol. The minimum Gasteiger partial charge on any atom is -0.325 e. The molecule has 0 saturated heterocycles. The second-order valence-corrected chi connectivity index (χ2v) is 8.98. The Balaban J connectivity index is 1.54. The maximum atomic E-state index is 12.9. The standard InChI is InChI=1S/C22H25N5OS/c1-13-10-14(2)19(15(3)11-13)24-21(28)16(4)29-22-26-25-20(27(22)18-7-8-18)17-6-5-9-23-12-17/h5-6,9-12,16,18H,7-8H2,1-4H3,(H,24,28)/t16-/m1/s1. The Morgan fingerprint density at radius 3 is 2.55 bits per heavy atom. The van der Waals surface area contributed by atoms with Crippen molar-refractivity contribution in [2.75, 3.05) is 5.32 Å². The van der Waals surface area contributed by atoms with E-state index in [2.05, 4.69) is 44.1 Å². The van der Waals surface area contributed by atoms with Gasteiger partial charge in [0.1, 0.15) is 0 Å². The van der Waals surface area contributed by atoms with E-state index in [1.54, 1.807) is 12.4 Å². The summed E-state index contributed by atoms with van der Waals surface area (Å²) in [5, 5.41) is 12.4. The molecule has 0 radical (unpaired) electrons. The number of hydrogen-bond acceptors (Lipinski definition) is 5. The predicted octanol–water partition coefficient (Wildman–Crippen LogP) is 4.72. The van der Waals surface area contributed by atoms with Crippen LogP contribution in [0.3, 0.4) is 0 Å². The zero-order valence-electron chi connectivity index (χ0n) is 17.1. The number of aryl methyl sites for hydroxylation is 3. The van der Waals surface area contributed by atoms with Crippen molar-refractivity contribution in [2.24, 2.45) is 0 Å². The summed E-state index contributed by atoms with van der Waals surface area (Å²) in [6.07, 6.45) is 5.78. The van der Waals surface area contributed by atoms with Crippen LogP contribution in [0.5, 0.6) is 0 Å². The number of rotatable bonds is 6. The van der Waals surface area contributed by atoms with Crippen LogP contribution in [0.15, 0.2) is 41.8 Å². The number of anilines is 1. The van der Waals surface area contributed by atoms with Crippen LogP contribution >= 0.6 is 11.8 Å². The van der Waals surface area contributed by atoms with E-state index in [1.807, 2.05) is 32.9 Å². The number of benzene rings is 1. The highest BCUT2D eigenvalue weighted by molar-refractivity contribution is 8.00. The van der Waals surface area contributed by atoms with Gasteiger partial charge in [-0.05, 0) is 63.8 Å². The molecule has 0 aliphatic heterocycles. The van der Waals surface area contributed by atoms with Crippen LogP contribution in [0, 0.1) is 20.8 Å². The Morgan fingerprint density at radius 2 is 1.93 bits per heavy atom. The first-order chi connectivity index (χ1) is 13.9. The smallest absolute Gasteiger partial charge is 0.237 e. The van der Waals surface area contributed by atoms with Gasteiger partial charge in [-0.3, -0.25) is 14.3 Å². The summed E-state index contributed by atoms with van der Waals surface area (Å²) < 4.78 is 2.16. The molecule has 7 heteroatoms. The van der Waals surface area contributed by atoms with Crippen molar-refractivity contribution in [1.29, 1.82) is 0 Å². The molecule has 1 amide bonds. The largest absolute Gasteiger partial charge is 0.325 e. The summed E-state index contributed by atoms with van der Waals surface area (Å²) in [7, 11) is 0. The molecule has 3 aromatic rings. The summed E-state index contributed by atoms with van der Waals surface area (Å²) in [4.78, 5) is 17.1. The third kappa shape index (κ3) is 4.19. The summed E-state index contributed by atoms with van der Waals surface area (Å²) in [6, 6.07) is 8.47. The zero-order valence-corrected chi connectivity index (χ0v) is 18.0. The van der Waals surface area contributed by atoms with Crippen molar-refractivity contribution in [2.45, 2.75) is 57.0 Å². The quantitative estimate of drug-likeness (QED) is 0.599. The molecule has 2 heterocycles. The lowest BCUT2D eigenvalue weighted by atomic mass is 10.1. The van der Waals surface area contributed by atoms with Crippen molar-refractivity contribution in [3.05, 3.63) is 53.3 Å². The third-order valence-corrected chi connectivity index (χ3v) is 6.13. The molecule has 0 unspecified atom stereocenters. The molecule has 1 atom stereocenters. The molecule has 2 aromatic heterocycles. The molecule has 1 aliphatic carbocycles. The number of hydrogen-bond donors (Lipinski definition) is 1. The van der Waals surface area contributed by atoms with E-state index in [0.29, 0.717) is 6.04 Å². The number of thioether (sulfide) groups is 1. The highest BCUT2D eigenvalue weighted by atomic mass is 32.2. The number of pyridine rings is 1. The molecule has 1 aliphatic rings. The molecule has 1 fully saturated rings. The number of aromatic nitrogens is 4. The fourth-order valence-electron chi connectivity index (χ4n) is 3.52. The first-order valence-electron chi connectivity index (χ1n) is 9.84. The predicted molar refractivity (Wildman–Crippen MR) is 116 cm³/mol. The van der Waals surface area contributed by atoms with Crippen molar-refractivity contribution >= 4 is 23.4 Å². The van der Waals surface area contributed by atoms with Crippen LogP contribution in [0.4, 0.5) is 5.69 Å². The van der Waals surface area contributed by atoms with Gasteiger partial charge in [0.05, 0.1) is 5.25 Å². The van der Waals surface area contributed by atoms with E-state index in [9.17, 15) is 4.79 Å². The molecular weight excluding hydrogens is 382 g/mol. The maximum Gasteiger partial charge on any atom is 0.237 e. The summed E-state index contributed by atoms with van der Waals surface area (Å²) in [5.41, 5.74) is 5.19. The molecule has 0 spiro atoms. The van der Waals surface area contributed by atoms with Gasteiger partial charge in [0.2, 0.25) is 5.91 Å². The van der Waals surface area contributed by atoms with Gasteiger partial charge < -0.3 is 5.32 Å². The number of nitrogens with zero attached hydrogens (tertiary/aromatic N) is 4. The van der Waals surface area contributed by atoms with E-state index >= 15 is 0 Å². The van der Waals surface area contributed by atoms with Gasteiger partial charge in [-0.15, -0.1) is 10.2 Å². The Bertz CT molecular complexity index is 1020. The molecule has 1 aromatic carbocycles. The maximum absolute atomic E-state index is 12.9. The van der Waals surface area contributed by atoms with Gasteiger partial charge in [-0.1, -0.05) is 29.5 Å². The Labute approximate surface area is 175 Å². The Kier molecular flexibility index (Phi) is 5.41. The number of nitrogens with one attached hydrogen (secondary N) is 1. The van der Waals surface area contributed by atoms with Gasteiger partial charge in [0.15, 0.2) is 11.0 Å². The monoisotopic (exact) mass is 407 g/mol. The normalized spacial score (nSPS) is 14.6. The number of carbonyl (C=O) groups is 1. The van der Waals surface area contributed by atoms with Gasteiger partial charge >= 0.3 is 0 Å². The number of amides is 1. The summed E-state index contributed by atoms with van der Waals surface area (Å²) in [5.74, 6) is 0.791. The second-order valence-electron chi connectivity index (χ2n) is 7.67. The molecule has 1 N–H and O–H groups in total. The average Bonchev–Trinajstić information content (AvgIpc) is 3.45. The van der Waals surface area contributed by atoms with E-state index in [-0.39, 0.29) is 11.2 Å². The summed E-state index contributed by atoms with van der Waals surface area (Å²) in [6.45, 7) is 8.03. The first kappa shape index (κ1) is 19.6. The van der Waals surface area contributed by atoms with Crippen LogP contribution < -0.4 is 5.32 Å². The lowest BCUT2D eigenvalue weighted by Gasteiger charge is -2.16. The van der Waals surface area contributed by atoms with Crippen LogP contribution in [-0.2, 0) is 4.79 Å². The van der Waals surface area contributed by atoms with Gasteiger partial charge in [0, 0.05) is 29.7 Å².